The molecule has 2 fully saturated rings. The van der Waals surface area contributed by atoms with E-state index in [1.807, 2.05) is 17.3 Å². The van der Waals surface area contributed by atoms with Gasteiger partial charge in [-0.15, -0.1) is 5.10 Å². The van der Waals surface area contributed by atoms with Crippen LogP contribution in [0.4, 0.5) is 0 Å². The highest BCUT2D eigenvalue weighted by Crippen LogP contribution is 2.41. The Bertz CT molecular complexity index is 659. The molecule has 2 aromatic heterocycles. The van der Waals surface area contributed by atoms with Gasteiger partial charge in [-0.05, 0) is 47.5 Å². The molecule has 1 spiro atoms. The van der Waals surface area contributed by atoms with Gasteiger partial charge in [0.2, 0.25) is 0 Å². The van der Waals surface area contributed by atoms with Gasteiger partial charge in [-0.25, -0.2) is 0 Å². The summed E-state index contributed by atoms with van der Waals surface area (Å²) in [5.74, 6) is 0.0292. The fourth-order valence-electron chi connectivity index (χ4n) is 3.68. The first-order valence-corrected chi connectivity index (χ1v) is 8.75. The zero-order valence-corrected chi connectivity index (χ0v) is 13.7. The molecule has 0 atom stereocenters. The van der Waals surface area contributed by atoms with Crippen LogP contribution in [0.2, 0.25) is 0 Å². The maximum absolute atomic E-state index is 12.3. The summed E-state index contributed by atoms with van der Waals surface area (Å²) < 4.78 is 3.78. The zero-order valence-electron chi connectivity index (χ0n) is 12.9. The molecule has 0 aliphatic carbocycles. The predicted molar refractivity (Wildman–Crippen MR) is 87.0 cm³/mol. The quantitative estimate of drug-likeness (QED) is 0.857. The fraction of sp³-hybridized carbons (Fsp3) is 0.500. The second kappa shape index (κ2) is 5.98. The molecular formula is C16H19N5OS. The molecule has 0 unspecified atom stereocenters. The van der Waals surface area contributed by atoms with Gasteiger partial charge >= 0.3 is 0 Å². The van der Waals surface area contributed by atoms with Crippen LogP contribution >= 0.6 is 11.5 Å². The summed E-state index contributed by atoms with van der Waals surface area (Å²) in [5, 5.41) is 5.61. The zero-order chi connectivity index (χ0) is 15.7. The summed E-state index contributed by atoms with van der Waals surface area (Å²) in [6.07, 6.45) is 5.87. The van der Waals surface area contributed by atoms with Crippen LogP contribution in [0.25, 0.3) is 0 Å². The second-order valence-corrected chi connectivity index (χ2v) is 7.19. The van der Waals surface area contributed by atoms with E-state index in [2.05, 4.69) is 31.6 Å². The minimum absolute atomic E-state index is 0.0292. The van der Waals surface area contributed by atoms with Crippen LogP contribution in [0.3, 0.4) is 0 Å². The van der Waals surface area contributed by atoms with Crippen molar-refractivity contribution in [3.8, 4) is 0 Å². The number of aromatic nitrogens is 3. The third kappa shape index (κ3) is 2.98. The Kier molecular flexibility index (Phi) is 3.82. The average Bonchev–Trinajstić information content (AvgIpc) is 3.09. The molecule has 0 aromatic carbocycles. The average molecular weight is 329 g/mol. The molecular weight excluding hydrogens is 310 g/mol. The molecule has 0 bridgehead atoms. The van der Waals surface area contributed by atoms with E-state index in [1.165, 1.54) is 17.1 Å². The van der Waals surface area contributed by atoms with E-state index in [4.69, 9.17) is 0 Å². The van der Waals surface area contributed by atoms with Gasteiger partial charge in [-0.3, -0.25) is 14.7 Å². The van der Waals surface area contributed by atoms with E-state index in [-0.39, 0.29) is 5.91 Å². The molecule has 0 saturated carbocycles. The number of hydrogen-bond donors (Lipinski definition) is 0. The number of pyridine rings is 1. The second-order valence-electron chi connectivity index (χ2n) is 6.58. The molecule has 2 aliphatic heterocycles. The SMILES string of the molecule is O=C(c1csnn1)N1CCC2(CC1)CN(Cc1ccncc1)C2. The van der Waals surface area contributed by atoms with Crippen molar-refractivity contribution in [1.29, 1.82) is 0 Å². The lowest BCUT2D eigenvalue weighted by atomic mass is 9.72. The molecule has 23 heavy (non-hydrogen) atoms. The topological polar surface area (TPSA) is 62.2 Å². The van der Waals surface area contributed by atoms with Crippen LogP contribution < -0.4 is 0 Å². The van der Waals surface area contributed by atoms with Crippen LogP contribution in [-0.2, 0) is 6.54 Å². The van der Waals surface area contributed by atoms with Crippen molar-refractivity contribution in [3.05, 3.63) is 41.2 Å². The van der Waals surface area contributed by atoms with Gasteiger partial charge in [0.15, 0.2) is 5.69 Å². The number of rotatable bonds is 3. The number of nitrogens with zero attached hydrogens (tertiary/aromatic N) is 5. The first kappa shape index (κ1) is 14.7. The molecule has 0 N–H and O–H groups in total. The number of likely N-dealkylation sites (tertiary alicyclic amines) is 2. The van der Waals surface area contributed by atoms with Crippen molar-refractivity contribution >= 4 is 17.4 Å². The third-order valence-electron chi connectivity index (χ3n) is 4.96. The standard InChI is InChI=1S/C16H19N5OS/c22-15(14-10-23-19-18-14)21-7-3-16(4-8-21)11-20(12-16)9-13-1-5-17-6-2-13/h1-2,5-6,10H,3-4,7-9,11-12H2. The number of hydrogen-bond acceptors (Lipinski definition) is 6. The summed E-state index contributed by atoms with van der Waals surface area (Å²) >= 11 is 1.23. The molecule has 4 rings (SSSR count). The first-order valence-electron chi connectivity index (χ1n) is 7.92. The monoisotopic (exact) mass is 329 g/mol. The molecule has 4 heterocycles. The predicted octanol–water partition coefficient (Wildman–Crippen LogP) is 1.67. The Morgan fingerprint density at radius 2 is 1.96 bits per heavy atom. The van der Waals surface area contributed by atoms with Crippen molar-refractivity contribution in [1.82, 2.24) is 24.4 Å². The Morgan fingerprint density at radius 3 is 2.61 bits per heavy atom. The van der Waals surface area contributed by atoms with Gasteiger partial charge in [0.1, 0.15) is 0 Å². The van der Waals surface area contributed by atoms with Crippen LogP contribution in [0.5, 0.6) is 0 Å². The highest BCUT2D eigenvalue weighted by Gasteiger charge is 2.45. The van der Waals surface area contributed by atoms with Gasteiger partial charge in [-0.2, -0.15) is 0 Å². The third-order valence-corrected chi connectivity index (χ3v) is 5.47. The number of amides is 1. The highest BCUT2D eigenvalue weighted by molar-refractivity contribution is 7.03. The van der Waals surface area contributed by atoms with Crippen molar-refractivity contribution < 1.29 is 4.79 Å². The van der Waals surface area contributed by atoms with Crippen LogP contribution in [0.1, 0.15) is 28.9 Å². The van der Waals surface area contributed by atoms with E-state index >= 15 is 0 Å². The summed E-state index contributed by atoms with van der Waals surface area (Å²) in [6.45, 7) is 4.93. The van der Waals surface area contributed by atoms with Crippen molar-refractivity contribution in [2.75, 3.05) is 26.2 Å². The van der Waals surface area contributed by atoms with E-state index in [0.29, 0.717) is 11.1 Å². The lowest BCUT2D eigenvalue weighted by Gasteiger charge is -2.54. The van der Waals surface area contributed by atoms with Crippen molar-refractivity contribution in [3.63, 3.8) is 0 Å². The highest BCUT2D eigenvalue weighted by atomic mass is 32.1. The molecule has 2 saturated heterocycles. The van der Waals surface area contributed by atoms with Crippen molar-refractivity contribution in [2.24, 2.45) is 5.41 Å². The first-order chi connectivity index (χ1) is 11.2. The lowest BCUT2D eigenvalue weighted by Crippen LogP contribution is -2.60. The Morgan fingerprint density at radius 1 is 1.22 bits per heavy atom. The van der Waals surface area contributed by atoms with Crippen LogP contribution in [0.15, 0.2) is 29.9 Å². The Balaban J connectivity index is 1.29. The van der Waals surface area contributed by atoms with E-state index in [9.17, 15) is 4.79 Å². The molecule has 120 valence electrons. The summed E-state index contributed by atoms with van der Waals surface area (Å²) in [5.41, 5.74) is 2.21. The van der Waals surface area contributed by atoms with Crippen molar-refractivity contribution in [2.45, 2.75) is 19.4 Å². The van der Waals surface area contributed by atoms with E-state index in [0.717, 1.165) is 45.6 Å². The molecule has 2 aromatic rings. The van der Waals surface area contributed by atoms with Gasteiger partial charge in [-0.1, -0.05) is 4.49 Å². The largest absolute Gasteiger partial charge is 0.337 e. The van der Waals surface area contributed by atoms with Gasteiger partial charge in [0.05, 0.1) is 0 Å². The molecule has 6 nitrogen and oxygen atoms in total. The van der Waals surface area contributed by atoms with Crippen LogP contribution in [0, 0.1) is 5.41 Å². The normalized spacial score (nSPS) is 20.4. The van der Waals surface area contributed by atoms with Gasteiger partial charge in [0, 0.05) is 50.5 Å². The van der Waals surface area contributed by atoms with Crippen LogP contribution in [-0.4, -0.2) is 56.5 Å². The summed E-state index contributed by atoms with van der Waals surface area (Å²) in [7, 11) is 0. The lowest BCUT2D eigenvalue weighted by molar-refractivity contribution is -0.0465. The Labute approximate surface area is 139 Å². The smallest absolute Gasteiger partial charge is 0.275 e. The van der Waals surface area contributed by atoms with Gasteiger partial charge in [0.25, 0.3) is 5.91 Å². The maximum Gasteiger partial charge on any atom is 0.275 e. The van der Waals surface area contributed by atoms with E-state index < -0.39 is 0 Å². The number of carbonyl (C=O) groups excluding carboxylic acids is 1. The summed E-state index contributed by atoms with van der Waals surface area (Å²) in [6, 6.07) is 4.16. The fourth-order valence-corrected chi connectivity index (χ4v) is 4.11. The van der Waals surface area contributed by atoms with Gasteiger partial charge < -0.3 is 4.90 Å². The minimum Gasteiger partial charge on any atom is -0.337 e. The minimum atomic E-state index is 0.0292. The summed E-state index contributed by atoms with van der Waals surface area (Å²) in [4.78, 5) is 20.8. The molecule has 2 aliphatic rings. The molecule has 0 radical (unpaired) electrons. The number of piperidine rings is 1. The molecule has 7 heteroatoms. The maximum atomic E-state index is 12.3. The van der Waals surface area contributed by atoms with E-state index in [1.54, 1.807) is 5.38 Å². The molecule has 1 amide bonds. The number of carbonyl (C=O) groups is 1. The Hall–Kier alpha value is -1.86.